The molecular weight excluding hydrogens is 246 g/mol. The topological polar surface area (TPSA) is 28.2 Å². The Balaban J connectivity index is 1.96. The zero-order chi connectivity index (χ0) is 14.6. The van der Waals surface area contributed by atoms with Crippen LogP contribution in [0.3, 0.4) is 0 Å². The lowest BCUT2D eigenvalue weighted by Gasteiger charge is -2.22. The van der Waals surface area contributed by atoms with Gasteiger partial charge in [0.25, 0.3) is 0 Å². The highest BCUT2D eigenvalue weighted by molar-refractivity contribution is 5.47. The highest BCUT2D eigenvalue weighted by Crippen LogP contribution is 2.26. The molecule has 0 saturated carbocycles. The van der Waals surface area contributed by atoms with Gasteiger partial charge in [-0.15, -0.1) is 0 Å². The van der Waals surface area contributed by atoms with Gasteiger partial charge in [-0.05, 0) is 51.7 Å². The fourth-order valence-electron chi connectivity index (χ4n) is 2.83. The van der Waals surface area contributed by atoms with Gasteiger partial charge in [0, 0.05) is 37.1 Å². The molecule has 0 radical (unpaired) electrons. The van der Waals surface area contributed by atoms with Gasteiger partial charge >= 0.3 is 0 Å². The van der Waals surface area contributed by atoms with E-state index in [0.717, 1.165) is 18.2 Å². The number of nitrogens with one attached hydrogen (secondary N) is 1. The lowest BCUT2D eigenvalue weighted by atomic mass is 10.0. The molecule has 1 aliphatic rings. The molecule has 1 aliphatic heterocycles. The molecule has 2 rings (SSSR count). The average molecular weight is 275 g/mol. The Labute approximate surface area is 123 Å². The minimum Gasteiger partial charge on any atom is -0.371 e. The van der Waals surface area contributed by atoms with Crippen LogP contribution in [0.1, 0.15) is 52.7 Å². The van der Waals surface area contributed by atoms with Crippen molar-refractivity contribution in [1.29, 1.82) is 0 Å². The Morgan fingerprint density at radius 1 is 1.40 bits per heavy atom. The molecule has 0 aliphatic carbocycles. The van der Waals surface area contributed by atoms with Gasteiger partial charge in [0.2, 0.25) is 0 Å². The van der Waals surface area contributed by atoms with Crippen molar-refractivity contribution in [1.82, 2.24) is 10.3 Å². The van der Waals surface area contributed by atoms with E-state index < -0.39 is 0 Å². The van der Waals surface area contributed by atoms with E-state index in [0.29, 0.717) is 0 Å². The molecule has 3 heteroatoms. The highest BCUT2D eigenvalue weighted by Gasteiger charge is 2.22. The summed E-state index contributed by atoms with van der Waals surface area (Å²) in [6.45, 7) is 12.1. The summed E-state index contributed by atoms with van der Waals surface area (Å²) in [4.78, 5) is 7.00. The average Bonchev–Trinajstić information content (AvgIpc) is 2.85. The van der Waals surface area contributed by atoms with Crippen LogP contribution in [-0.2, 0) is 6.54 Å². The molecule has 0 bridgehead atoms. The van der Waals surface area contributed by atoms with Gasteiger partial charge in [-0.25, -0.2) is 0 Å². The fraction of sp³-hybridized carbons (Fsp3) is 0.706. The summed E-state index contributed by atoms with van der Waals surface area (Å²) >= 11 is 0. The van der Waals surface area contributed by atoms with E-state index in [2.05, 4.69) is 55.0 Å². The van der Waals surface area contributed by atoms with Gasteiger partial charge in [-0.1, -0.05) is 13.3 Å². The first-order valence-electron chi connectivity index (χ1n) is 7.93. The lowest BCUT2D eigenvalue weighted by molar-refractivity contribution is 0.421. The summed E-state index contributed by atoms with van der Waals surface area (Å²) < 4.78 is 0. The van der Waals surface area contributed by atoms with Gasteiger partial charge in [-0.2, -0.15) is 0 Å². The maximum atomic E-state index is 4.48. The van der Waals surface area contributed by atoms with Crippen molar-refractivity contribution >= 4 is 5.69 Å². The molecule has 1 unspecified atom stereocenters. The molecule has 1 fully saturated rings. The van der Waals surface area contributed by atoms with Crippen molar-refractivity contribution in [2.24, 2.45) is 5.92 Å². The summed E-state index contributed by atoms with van der Waals surface area (Å²) in [5.74, 6) is 0.879. The smallest absolute Gasteiger partial charge is 0.0562 e. The first kappa shape index (κ1) is 15.3. The van der Waals surface area contributed by atoms with Crippen molar-refractivity contribution in [3.63, 3.8) is 0 Å². The largest absolute Gasteiger partial charge is 0.371 e. The highest BCUT2D eigenvalue weighted by atomic mass is 15.2. The van der Waals surface area contributed by atoms with Crippen molar-refractivity contribution in [3.05, 3.63) is 24.0 Å². The fourth-order valence-corrected chi connectivity index (χ4v) is 2.83. The lowest BCUT2D eigenvalue weighted by Crippen LogP contribution is -2.35. The van der Waals surface area contributed by atoms with Crippen LogP contribution >= 0.6 is 0 Å². The summed E-state index contributed by atoms with van der Waals surface area (Å²) in [5.41, 5.74) is 2.61. The molecular formula is C17H29N3. The second-order valence-corrected chi connectivity index (χ2v) is 7.00. The molecule has 0 spiro atoms. The van der Waals surface area contributed by atoms with Crippen LogP contribution in [-0.4, -0.2) is 23.6 Å². The van der Waals surface area contributed by atoms with Crippen molar-refractivity contribution in [2.45, 2.75) is 59.0 Å². The second-order valence-electron chi connectivity index (χ2n) is 7.00. The SMILES string of the molecule is CCCC1CCN(c2ccnc(CNC(C)(C)C)c2)C1. The molecule has 2 heterocycles. The number of hydrogen-bond donors (Lipinski definition) is 1. The summed E-state index contributed by atoms with van der Waals surface area (Å²) in [5, 5.41) is 3.50. The predicted molar refractivity (Wildman–Crippen MR) is 86.1 cm³/mol. The van der Waals surface area contributed by atoms with Crippen LogP contribution in [0.2, 0.25) is 0 Å². The zero-order valence-electron chi connectivity index (χ0n) is 13.4. The number of nitrogens with zero attached hydrogens (tertiary/aromatic N) is 2. The summed E-state index contributed by atoms with van der Waals surface area (Å²) in [6.07, 6.45) is 5.95. The monoisotopic (exact) mass is 275 g/mol. The molecule has 3 nitrogen and oxygen atoms in total. The Morgan fingerprint density at radius 3 is 2.90 bits per heavy atom. The molecule has 1 aromatic heterocycles. The van der Waals surface area contributed by atoms with Crippen LogP contribution in [0.5, 0.6) is 0 Å². The number of pyridine rings is 1. The number of aromatic nitrogens is 1. The second kappa shape index (κ2) is 6.57. The Bertz CT molecular complexity index is 422. The van der Waals surface area contributed by atoms with Gasteiger partial charge in [0.1, 0.15) is 0 Å². The van der Waals surface area contributed by atoms with Crippen LogP contribution < -0.4 is 10.2 Å². The van der Waals surface area contributed by atoms with Crippen molar-refractivity contribution < 1.29 is 0 Å². The predicted octanol–water partition coefficient (Wildman–Crippen LogP) is 3.60. The molecule has 1 saturated heterocycles. The minimum atomic E-state index is 0.136. The maximum Gasteiger partial charge on any atom is 0.0562 e. The van der Waals surface area contributed by atoms with Crippen LogP contribution in [0.25, 0.3) is 0 Å². The molecule has 112 valence electrons. The van der Waals surface area contributed by atoms with E-state index in [9.17, 15) is 0 Å². The van der Waals surface area contributed by atoms with Gasteiger partial charge in [0.05, 0.1) is 5.69 Å². The standard InChI is InChI=1S/C17H29N3/c1-5-6-14-8-10-20(13-14)16-7-9-18-15(11-16)12-19-17(2,3)4/h7,9,11,14,19H,5-6,8,10,12-13H2,1-4H3. The Kier molecular flexibility index (Phi) is 5.03. The number of anilines is 1. The summed E-state index contributed by atoms with van der Waals surface area (Å²) in [7, 11) is 0. The van der Waals surface area contributed by atoms with E-state index >= 15 is 0 Å². The van der Waals surface area contributed by atoms with E-state index in [1.54, 1.807) is 0 Å². The van der Waals surface area contributed by atoms with Gasteiger partial charge in [-0.3, -0.25) is 4.98 Å². The van der Waals surface area contributed by atoms with E-state index in [4.69, 9.17) is 0 Å². The Hall–Kier alpha value is -1.09. The molecule has 1 atom stereocenters. The van der Waals surface area contributed by atoms with Crippen molar-refractivity contribution in [2.75, 3.05) is 18.0 Å². The quantitative estimate of drug-likeness (QED) is 0.890. The number of rotatable bonds is 5. The van der Waals surface area contributed by atoms with E-state index in [-0.39, 0.29) is 5.54 Å². The molecule has 20 heavy (non-hydrogen) atoms. The van der Waals surface area contributed by atoms with E-state index in [1.165, 1.54) is 38.0 Å². The third-order valence-corrected chi connectivity index (χ3v) is 3.95. The van der Waals surface area contributed by atoms with Gasteiger partial charge in [0.15, 0.2) is 0 Å². The van der Waals surface area contributed by atoms with Crippen LogP contribution in [0.15, 0.2) is 18.3 Å². The molecule has 1 N–H and O–H groups in total. The molecule has 0 amide bonds. The summed E-state index contributed by atoms with van der Waals surface area (Å²) in [6, 6.07) is 4.39. The number of hydrogen-bond acceptors (Lipinski definition) is 3. The third-order valence-electron chi connectivity index (χ3n) is 3.95. The van der Waals surface area contributed by atoms with E-state index in [1.807, 2.05) is 6.20 Å². The van der Waals surface area contributed by atoms with Crippen LogP contribution in [0.4, 0.5) is 5.69 Å². The maximum absolute atomic E-state index is 4.48. The van der Waals surface area contributed by atoms with Crippen molar-refractivity contribution in [3.8, 4) is 0 Å². The first-order valence-corrected chi connectivity index (χ1v) is 7.93. The normalized spacial score (nSPS) is 19.6. The molecule has 1 aromatic rings. The Morgan fingerprint density at radius 2 is 2.20 bits per heavy atom. The third kappa shape index (κ3) is 4.48. The minimum absolute atomic E-state index is 0.136. The van der Waals surface area contributed by atoms with Gasteiger partial charge < -0.3 is 10.2 Å². The molecule has 0 aromatic carbocycles. The zero-order valence-corrected chi connectivity index (χ0v) is 13.4. The first-order chi connectivity index (χ1) is 9.48. The van der Waals surface area contributed by atoms with Crippen LogP contribution in [0, 0.1) is 5.92 Å².